The molecule has 13 rings (SSSR count). The number of rotatable bonds is 6. The van der Waals surface area contributed by atoms with Crippen LogP contribution in [-0.2, 0) is 5.41 Å². The number of nitrogens with zero attached hydrogens (tertiary/aromatic N) is 2. The van der Waals surface area contributed by atoms with Gasteiger partial charge in [-0.15, -0.1) is 0 Å². The smallest absolute Gasteiger partial charge is 0.0726 e. The summed E-state index contributed by atoms with van der Waals surface area (Å²) in [5.74, 6) is 0. The van der Waals surface area contributed by atoms with Crippen molar-refractivity contribution in [1.29, 1.82) is 0 Å². The maximum absolute atomic E-state index is 2.47. The second-order valence-corrected chi connectivity index (χ2v) is 16.8. The maximum Gasteiger partial charge on any atom is 0.0726 e. The van der Waals surface area contributed by atoms with Gasteiger partial charge in [0.15, 0.2) is 0 Å². The van der Waals surface area contributed by atoms with E-state index in [1.807, 2.05) is 0 Å². The van der Waals surface area contributed by atoms with E-state index in [2.05, 4.69) is 252 Å². The number of hydrogen-bond acceptors (Lipinski definition) is 1. The predicted octanol–water partition coefficient (Wildman–Crippen LogP) is 15.9. The van der Waals surface area contributed by atoms with Crippen LogP contribution >= 0.6 is 0 Å². The third-order valence-corrected chi connectivity index (χ3v) is 13.6. The first-order chi connectivity index (χ1) is 31.3. The molecule has 1 atom stereocenters. The van der Waals surface area contributed by atoms with Crippen molar-refractivity contribution in [3.8, 4) is 50.2 Å². The average molecular weight is 801 g/mol. The number of hydrogen-bond donors (Lipinski definition) is 0. The Balaban J connectivity index is 1.04. The highest BCUT2D eigenvalue weighted by atomic mass is 15.1. The Labute approximate surface area is 367 Å². The summed E-state index contributed by atoms with van der Waals surface area (Å²) in [7, 11) is 0. The molecule has 0 saturated carbocycles. The fourth-order valence-electron chi connectivity index (χ4n) is 11.0. The molecule has 0 fully saturated rings. The Morgan fingerprint density at radius 3 is 1.46 bits per heavy atom. The monoisotopic (exact) mass is 800 g/mol. The summed E-state index contributed by atoms with van der Waals surface area (Å²) in [6.45, 7) is 0. The van der Waals surface area contributed by atoms with Crippen LogP contribution in [0.2, 0.25) is 0 Å². The van der Waals surface area contributed by atoms with Crippen molar-refractivity contribution in [2.45, 2.75) is 5.41 Å². The molecule has 2 aliphatic rings. The largest absolute Gasteiger partial charge is 0.310 e. The van der Waals surface area contributed by atoms with Crippen molar-refractivity contribution in [2.75, 3.05) is 4.90 Å². The molecule has 63 heavy (non-hydrogen) atoms. The second kappa shape index (κ2) is 13.9. The van der Waals surface area contributed by atoms with E-state index in [-0.39, 0.29) is 0 Å². The van der Waals surface area contributed by atoms with Gasteiger partial charge in [-0.25, -0.2) is 0 Å². The Hall–Kier alpha value is -8.20. The van der Waals surface area contributed by atoms with Crippen molar-refractivity contribution < 1.29 is 0 Å². The van der Waals surface area contributed by atoms with E-state index in [4.69, 9.17) is 0 Å². The minimum Gasteiger partial charge on any atom is -0.310 e. The van der Waals surface area contributed by atoms with E-state index in [1.165, 1.54) is 88.6 Å². The highest BCUT2D eigenvalue weighted by molar-refractivity contribution is 6.09. The molecule has 2 nitrogen and oxygen atoms in total. The van der Waals surface area contributed by atoms with E-state index in [1.54, 1.807) is 0 Å². The summed E-state index contributed by atoms with van der Waals surface area (Å²) in [4.78, 5) is 2.47. The average Bonchev–Trinajstić information content (AvgIpc) is 3.97. The SMILES string of the molecule is c1ccc(-c2ccc(N(c3ccc(-n4c5ccccc5c5ccccc54)cc3)c3cccc4c3-c3ccccc3C43c4ccccc4-c4ccc(-c5ccccc5)cc43)cc2)cc1. The zero-order chi connectivity index (χ0) is 41.5. The molecule has 10 aromatic carbocycles. The van der Waals surface area contributed by atoms with Crippen LogP contribution in [-0.4, -0.2) is 4.57 Å². The lowest BCUT2D eigenvalue weighted by atomic mass is 9.70. The van der Waals surface area contributed by atoms with Crippen LogP contribution in [0, 0.1) is 0 Å². The summed E-state index contributed by atoms with van der Waals surface area (Å²) in [5.41, 5.74) is 21.7. The van der Waals surface area contributed by atoms with Crippen LogP contribution in [0.1, 0.15) is 22.3 Å². The lowest BCUT2D eigenvalue weighted by molar-refractivity contribution is 0.794. The van der Waals surface area contributed by atoms with Gasteiger partial charge in [0.25, 0.3) is 0 Å². The molecule has 11 aromatic rings. The maximum atomic E-state index is 2.47. The topological polar surface area (TPSA) is 8.17 Å². The lowest BCUT2D eigenvalue weighted by Gasteiger charge is -2.32. The number of anilines is 3. The fourth-order valence-corrected chi connectivity index (χ4v) is 11.0. The molecule has 0 aliphatic heterocycles. The summed E-state index contributed by atoms with van der Waals surface area (Å²) in [6.07, 6.45) is 0. The third-order valence-electron chi connectivity index (χ3n) is 13.6. The van der Waals surface area contributed by atoms with Crippen molar-refractivity contribution >= 4 is 38.9 Å². The third kappa shape index (κ3) is 5.19. The van der Waals surface area contributed by atoms with Crippen LogP contribution < -0.4 is 4.90 Å². The molecule has 0 bridgehead atoms. The van der Waals surface area contributed by atoms with E-state index in [9.17, 15) is 0 Å². The molecule has 0 saturated heterocycles. The Bertz CT molecular complexity index is 3490. The first kappa shape index (κ1) is 35.5. The van der Waals surface area contributed by atoms with Crippen LogP contribution in [0.25, 0.3) is 72.0 Å². The number of benzene rings is 10. The van der Waals surface area contributed by atoms with Gasteiger partial charge in [0.05, 0.1) is 22.1 Å². The Morgan fingerprint density at radius 1 is 0.317 bits per heavy atom. The van der Waals surface area contributed by atoms with Gasteiger partial charge in [-0.05, 0) is 122 Å². The van der Waals surface area contributed by atoms with Gasteiger partial charge < -0.3 is 9.47 Å². The second-order valence-electron chi connectivity index (χ2n) is 16.8. The van der Waals surface area contributed by atoms with E-state index < -0.39 is 5.41 Å². The van der Waals surface area contributed by atoms with Crippen LogP contribution in [0.3, 0.4) is 0 Å². The molecule has 294 valence electrons. The molecule has 0 N–H and O–H groups in total. The van der Waals surface area contributed by atoms with Gasteiger partial charge >= 0.3 is 0 Å². The molecule has 2 aliphatic carbocycles. The normalized spacial score (nSPS) is 14.4. The van der Waals surface area contributed by atoms with Crippen LogP contribution in [0.5, 0.6) is 0 Å². The van der Waals surface area contributed by atoms with E-state index in [0.29, 0.717) is 0 Å². The van der Waals surface area contributed by atoms with Gasteiger partial charge in [-0.2, -0.15) is 0 Å². The van der Waals surface area contributed by atoms with Gasteiger partial charge in [0, 0.05) is 33.4 Å². The minimum atomic E-state index is -0.498. The highest BCUT2D eigenvalue weighted by Crippen LogP contribution is 2.65. The van der Waals surface area contributed by atoms with Gasteiger partial charge in [0.2, 0.25) is 0 Å². The lowest BCUT2D eigenvalue weighted by Crippen LogP contribution is -2.26. The van der Waals surface area contributed by atoms with E-state index >= 15 is 0 Å². The number of aromatic nitrogens is 1. The molecule has 1 unspecified atom stereocenters. The molecule has 1 spiro atoms. The first-order valence-electron chi connectivity index (χ1n) is 21.8. The molecule has 1 heterocycles. The zero-order valence-electron chi connectivity index (χ0n) is 34.5. The zero-order valence-corrected chi connectivity index (χ0v) is 34.5. The summed E-state index contributed by atoms with van der Waals surface area (Å²) in [6, 6.07) is 89.5. The first-order valence-corrected chi connectivity index (χ1v) is 21.8. The Kier molecular flexibility index (Phi) is 7.85. The van der Waals surface area contributed by atoms with E-state index in [0.717, 1.165) is 22.7 Å². The fraction of sp³-hybridized carbons (Fsp3) is 0.0164. The number of para-hydroxylation sites is 2. The van der Waals surface area contributed by atoms with Crippen molar-refractivity contribution in [3.05, 3.63) is 265 Å². The van der Waals surface area contributed by atoms with Gasteiger partial charge in [-0.1, -0.05) is 182 Å². The number of fused-ring (bicyclic) bond motifs is 13. The van der Waals surface area contributed by atoms with Gasteiger partial charge in [-0.3, -0.25) is 0 Å². The van der Waals surface area contributed by atoms with Crippen molar-refractivity contribution in [1.82, 2.24) is 4.57 Å². The molecule has 1 aromatic heterocycles. The van der Waals surface area contributed by atoms with Crippen molar-refractivity contribution in [2.24, 2.45) is 0 Å². The Morgan fingerprint density at radius 2 is 0.794 bits per heavy atom. The molecule has 0 amide bonds. The minimum absolute atomic E-state index is 0.498. The van der Waals surface area contributed by atoms with Gasteiger partial charge in [0.1, 0.15) is 0 Å². The standard InChI is InChI=1S/C61H40N2/c1-3-16-41(17-4-1)43-30-33-45(34-31-43)62(46-35-37-47(38-36-46)63-57-27-13-9-21-50(57)51-22-10-14-28-58(51)63)59-29-15-26-55-60(59)52-23-8-12-25-54(52)61(55)53-24-11-7-20-48(53)49-39-32-44(40-56(49)61)42-18-5-2-6-19-42/h1-40H. The molecular weight excluding hydrogens is 761 g/mol. The van der Waals surface area contributed by atoms with Crippen molar-refractivity contribution in [3.63, 3.8) is 0 Å². The predicted molar refractivity (Wildman–Crippen MR) is 263 cm³/mol. The van der Waals surface area contributed by atoms with Crippen LogP contribution in [0.4, 0.5) is 17.1 Å². The summed E-state index contributed by atoms with van der Waals surface area (Å²) >= 11 is 0. The molecule has 2 heteroatoms. The highest BCUT2D eigenvalue weighted by Gasteiger charge is 2.52. The summed E-state index contributed by atoms with van der Waals surface area (Å²) < 4.78 is 2.40. The molecule has 0 radical (unpaired) electrons. The summed E-state index contributed by atoms with van der Waals surface area (Å²) in [5, 5.41) is 2.52. The quantitative estimate of drug-likeness (QED) is 0.163. The molecular formula is C61H40N2. The van der Waals surface area contributed by atoms with Crippen LogP contribution in [0.15, 0.2) is 243 Å².